The molecule has 0 saturated heterocycles. The highest BCUT2D eigenvalue weighted by Gasteiger charge is 2.30. The van der Waals surface area contributed by atoms with E-state index in [1.54, 1.807) is 0 Å². The summed E-state index contributed by atoms with van der Waals surface area (Å²) in [6, 6.07) is 0. The normalized spacial score (nSPS) is 17.4. The van der Waals surface area contributed by atoms with Gasteiger partial charge in [-0.05, 0) is 25.3 Å². The highest BCUT2D eigenvalue weighted by atomic mass is 16.7. The van der Waals surface area contributed by atoms with E-state index in [0.29, 0.717) is 6.61 Å². The molecular weight excluding hydrogens is 218 g/mol. The maximum Gasteiger partial charge on any atom is 0.205 e. The topological polar surface area (TPSA) is 51.6 Å². The second-order valence-electron chi connectivity index (χ2n) is 4.79. The highest BCUT2D eigenvalue weighted by Crippen LogP contribution is 2.35. The average molecular weight is 237 g/mol. The molecule has 1 aliphatic rings. The van der Waals surface area contributed by atoms with Crippen molar-refractivity contribution in [2.75, 3.05) is 6.61 Å². The van der Waals surface area contributed by atoms with Gasteiger partial charge in [-0.1, -0.05) is 0 Å². The standard InChI is InChI=1S/C13H19NO3/c1-9-12-11(8-16-13(2,3)17-12)10(7-14-9)5-4-6-15/h7,15H,4-6,8H2,1-3H3. The van der Waals surface area contributed by atoms with Gasteiger partial charge in [0.2, 0.25) is 5.79 Å². The lowest BCUT2D eigenvalue weighted by atomic mass is 10.0. The maximum atomic E-state index is 8.89. The minimum Gasteiger partial charge on any atom is -0.461 e. The molecule has 2 heterocycles. The van der Waals surface area contributed by atoms with Crippen LogP contribution in [0.5, 0.6) is 5.75 Å². The first-order valence-electron chi connectivity index (χ1n) is 5.94. The van der Waals surface area contributed by atoms with E-state index >= 15 is 0 Å². The lowest BCUT2D eigenvalue weighted by Gasteiger charge is -2.34. The van der Waals surface area contributed by atoms with Crippen LogP contribution in [0.3, 0.4) is 0 Å². The van der Waals surface area contributed by atoms with Crippen LogP contribution >= 0.6 is 0 Å². The van der Waals surface area contributed by atoms with Gasteiger partial charge in [-0.3, -0.25) is 4.98 Å². The van der Waals surface area contributed by atoms with Crippen molar-refractivity contribution in [2.24, 2.45) is 0 Å². The smallest absolute Gasteiger partial charge is 0.205 e. The summed E-state index contributed by atoms with van der Waals surface area (Å²) >= 11 is 0. The number of pyridine rings is 1. The Hall–Kier alpha value is -1.13. The Labute approximate surface area is 102 Å². The molecule has 0 saturated carbocycles. The predicted octanol–water partition coefficient (Wildman–Crippen LogP) is 1.96. The van der Waals surface area contributed by atoms with Crippen LogP contribution < -0.4 is 4.74 Å². The van der Waals surface area contributed by atoms with Crippen molar-refractivity contribution in [3.05, 3.63) is 23.0 Å². The summed E-state index contributed by atoms with van der Waals surface area (Å²) in [5.74, 6) is 0.256. The zero-order chi connectivity index (χ0) is 12.5. The first kappa shape index (κ1) is 12.3. The van der Waals surface area contributed by atoms with Gasteiger partial charge >= 0.3 is 0 Å². The van der Waals surface area contributed by atoms with Crippen molar-refractivity contribution >= 4 is 0 Å². The Kier molecular flexibility index (Phi) is 3.35. The van der Waals surface area contributed by atoms with E-state index in [1.807, 2.05) is 27.0 Å². The third-order valence-electron chi connectivity index (χ3n) is 2.92. The van der Waals surface area contributed by atoms with Gasteiger partial charge in [0, 0.05) is 32.2 Å². The molecule has 94 valence electrons. The number of hydrogen-bond acceptors (Lipinski definition) is 4. The summed E-state index contributed by atoms with van der Waals surface area (Å²) in [6.07, 6.45) is 3.40. The molecule has 4 nitrogen and oxygen atoms in total. The van der Waals surface area contributed by atoms with Crippen molar-refractivity contribution in [1.29, 1.82) is 0 Å². The number of aryl methyl sites for hydroxylation is 2. The zero-order valence-corrected chi connectivity index (χ0v) is 10.6. The first-order chi connectivity index (χ1) is 8.03. The Morgan fingerprint density at radius 1 is 1.47 bits per heavy atom. The third-order valence-corrected chi connectivity index (χ3v) is 2.92. The SMILES string of the molecule is Cc1ncc(CCCO)c2c1OC(C)(C)OC2. The van der Waals surface area contributed by atoms with Gasteiger partial charge in [0.05, 0.1) is 12.3 Å². The molecule has 17 heavy (non-hydrogen) atoms. The Morgan fingerprint density at radius 3 is 2.94 bits per heavy atom. The molecule has 4 heteroatoms. The molecule has 1 aromatic heterocycles. The number of nitrogens with zero attached hydrogens (tertiary/aromatic N) is 1. The fourth-order valence-electron chi connectivity index (χ4n) is 1.98. The van der Waals surface area contributed by atoms with Crippen LogP contribution in [-0.4, -0.2) is 22.5 Å². The lowest BCUT2D eigenvalue weighted by molar-refractivity contribution is -0.180. The summed E-state index contributed by atoms with van der Waals surface area (Å²) in [5, 5.41) is 8.89. The number of aliphatic hydroxyl groups is 1. The van der Waals surface area contributed by atoms with Crippen molar-refractivity contribution in [3.8, 4) is 5.75 Å². The lowest BCUT2D eigenvalue weighted by Crippen LogP contribution is -2.36. The van der Waals surface area contributed by atoms with Gasteiger partial charge in [0.15, 0.2) is 0 Å². The van der Waals surface area contributed by atoms with Crippen LogP contribution in [0, 0.1) is 6.92 Å². The van der Waals surface area contributed by atoms with Gasteiger partial charge in [0.25, 0.3) is 0 Å². The summed E-state index contributed by atoms with van der Waals surface area (Å²) in [5.41, 5.74) is 3.07. The molecule has 0 atom stereocenters. The fourth-order valence-corrected chi connectivity index (χ4v) is 1.98. The molecule has 0 fully saturated rings. The number of aliphatic hydroxyl groups excluding tert-OH is 1. The summed E-state index contributed by atoms with van der Waals surface area (Å²) in [7, 11) is 0. The molecule has 0 amide bonds. The molecule has 0 spiro atoms. The minimum absolute atomic E-state index is 0.190. The number of ether oxygens (including phenoxy) is 2. The van der Waals surface area contributed by atoms with Gasteiger partial charge in [-0.2, -0.15) is 0 Å². The van der Waals surface area contributed by atoms with E-state index in [9.17, 15) is 0 Å². The first-order valence-corrected chi connectivity index (χ1v) is 5.94. The zero-order valence-electron chi connectivity index (χ0n) is 10.6. The minimum atomic E-state index is -0.588. The maximum absolute atomic E-state index is 8.89. The van der Waals surface area contributed by atoms with Crippen molar-refractivity contribution in [1.82, 2.24) is 4.98 Å². The van der Waals surface area contributed by atoms with Gasteiger partial charge in [0.1, 0.15) is 5.75 Å². The summed E-state index contributed by atoms with van der Waals surface area (Å²) in [6.45, 7) is 6.48. The average Bonchev–Trinajstić information content (AvgIpc) is 2.28. The van der Waals surface area contributed by atoms with E-state index in [1.165, 1.54) is 0 Å². The Balaban J connectivity index is 2.34. The molecule has 0 unspecified atom stereocenters. The highest BCUT2D eigenvalue weighted by molar-refractivity contribution is 5.42. The second kappa shape index (κ2) is 4.63. The van der Waals surface area contributed by atoms with Crippen LogP contribution in [0.1, 0.15) is 37.1 Å². The largest absolute Gasteiger partial charge is 0.461 e. The number of fused-ring (bicyclic) bond motifs is 1. The van der Waals surface area contributed by atoms with Gasteiger partial charge in [-0.25, -0.2) is 0 Å². The quantitative estimate of drug-likeness (QED) is 0.873. The fraction of sp³-hybridized carbons (Fsp3) is 0.615. The third kappa shape index (κ3) is 2.58. The number of hydrogen-bond donors (Lipinski definition) is 1. The van der Waals surface area contributed by atoms with Crippen LogP contribution in [-0.2, 0) is 17.8 Å². The van der Waals surface area contributed by atoms with Crippen molar-refractivity contribution < 1.29 is 14.6 Å². The molecule has 1 aliphatic heterocycles. The van der Waals surface area contributed by atoms with Crippen LogP contribution in [0.15, 0.2) is 6.20 Å². The van der Waals surface area contributed by atoms with Crippen molar-refractivity contribution in [2.45, 2.75) is 46.0 Å². The molecule has 1 N–H and O–H groups in total. The summed E-state index contributed by atoms with van der Waals surface area (Å²) in [4.78, 5) is 4.35. The van der Waals surface area contributed by atoms with E-state index in [4.69, 9.17) is 14.6 Å². The van der Waals surface area contributed by atoms with E-state index in [-0.39, 0.29) is 6.61 Å². The van der Waals surface area contributed by atoms with E-state index < -0.39 is 5.79 Å². The molecule has 2 rings (SSSR count). The predicted molar refractivity (Wildman–Crippen MR) is 63.9 cm³/mol. The monoisotopic (exact) mass is 237 g/mol. The molecule has 0 radical (unpaired) electrons. The molecular formula is C13H19NO3. The van der Waals surface area contributed by atoms with E-state index in [2.05, 4.69) is 4.98 Å². The van der Waals surface area contributed by atoms with Gasteiger partial charge < -0.3 is 14.6 Å². The van der Waals surface area contributed by atoms with E-state index in [0.717, 1.165) is 35.4 Å². The second-order valence-corrected chi connectivity index (χ2v) is 4.79. The number of aromatic nitrogens is 1. The molecule has 0 aromatic carbocycles. The number of rotatable bonds is 3. The van der Waals surface area contributed by atoms with Gasteiger partial charge in [-0.15, -0.1) is 0 Å². The Morgan fingerprint density at radius 2 is 2.24 bits per heavy atom. The molecule has 1 aromatic rings. The van der Waals surface area contributed by atoms with Crippen LogP contribution in [0.25, 0.3) is 0 Å². The van der Waals surface area contributed by atoms with Crippen LogP contribution in [0.2, 0.25) is 0 Å². The Bertz CT molecular complexity index is 415. The molecule has 0 aliphatic carbocycles. The van der Waals surface area contributed by atoms with Crippen LogP contribution in [0.4, 0.5) is 0 Å². The molecule has 0 bridgehead atoms. The summed E-state index contributed by atoms with van der Waals surface area (Å²) < 4.78 is 11.5. The van der Waals surface area contributed by atoms with Crippen molar-refractivity contribution in [3.63, 3.8) is 0 Å².